The lowest BCUT2D eigenvalue weighted by Gasteiger charge is -2.26. The smallest absolute Gasteiger partial charge is 0.231 e. The predicted molar refractivity (Wildman–Crippen MR) is 95.6 cm³/mol. The number of para-hydroxylation sites is 3. The lowest BCUT2D eigenvalue weighted by atomic mass is 9.96. The van der Waals surface area contributed by atoms with Gasteiger partial charge in [-0.25, -0.2) is 0 Å². The molecule has 2 aromatic rings. The maximum atomic E-state index is 12.7. The van der Waals surface area contributed by atoms with Crippen LogP contribution in [-0.4, -0.2) is 25.6 Å². The van der Waals surface area contributed by atoms with Crippen molar-refractivity contribution in [3.8, 4) is 5.75 Å². The lowest BCUT2D eigenvalue weighted by molar-refractivity contribution is -0.121. The lowest BCUT2D eigenvalue weighted by Crippen LogP contribution is -2.33. The Balaban J connectivity index is 1.49. The maximum absolute atomic E-state index is 12.7. The summed E-state index contributed by atoms with van der Waals surface area (Å²) in [7, 11) is 0. The number of benzene rings is 2. The molecule has 1 amide bonds. The van der Waals surface area contributed by atoms with E-state index in [-0.39, 0.29) is 11.8 Å². The number of amides is 1. The van der Waals surface area contributed by atoms with Crippen molar-refractivity contribution in [1.29, 1.82) is 0 Å². The second-order valence-electron chi connectivity index (χ2n) is 6.52. The van der Waals surface area contributed by atoms with Crippen molar-refractivity contribution in [3.63, 3.8) is 0 Å². The van der Waals surface area contributed by atoms with E-state index in [0.29, 0.717) is 6.61 Å². The van der Waals surface area contributed by atoms with Crippen molar-refractivity contribution in [2.45, 2.75) is 19.3 Å². The van der Waals surface area contributed by atoms with Gasteiger partial charge in [-0.2, -0.15) is 0 Å². The second kappa shape index (κ2) is 6.56. The molecule has 4 rings (SSSR count). The Kier molecular flexibility index (Phi) is 4.11. The van der Waals surface area contributed by atoms with E-state index in [1.807, 2.05) is 42.5 Å². The largest absolute Gasteiger partial charge is 0.492 e. The van der Waals surface area contributed by atoms with Crippen molar-refractivity contribution >= 4 is 17.3 Å². The van der Waals surface area contributed by atoms with Gasteiger partial charge in [0.1, 0.15) is 12.4 Å². The number of nitrogens with one attached hydrogen (secondary N) is 1. The molecule has 24 heavy (non-hydrogen) atoms. The monoisotopic (exact) mass is 322 g/mol. The second-order valence-corrected chi connectivity index (χ2v) is 6.52. The molecule has 4 nitrogen and oxygen atoms in total. The van der Waals surface area contributed by atoms with Crippen LogP contribution >= 0.6 is 0 Å². The third-order valence-electron chi connectivity index (χ3n) is 4.86. The molecule has 124 valence electrons. The van der Waals surface area contributed by atoms with Crippen LogP contribution in [0.15, 0.2) is 48.5 Å². The summed E-state index contributed by atoms with van der Waals surface area (Å²) in [4.78, 5) is 15.1. The number of carbonyl (C=O) groups is 1. The van der Waals surface area contributed by atoms with E-state index in [0.717, 1.165) is 42.2 Å². The van der Waals surface area contributed by atoms with E-state index in [2.05, 4.69) is 16.3 Å². The highest BCUT2D eigenvalue weighted by atomic mass is 16.5. The first-order chi connectivity index (χ1) is 11.8. The third-order valence-corrected chi connectivity index (χ3v) is 4.86. The average molecular weight is 322 g/mol. The van der Waals surface area contributed by atoms with Crippen LogP contribution < -0.4 is 15.0 Å². The Hall–Kier alpha value is -2.49. The first kappa shape index (κ1) is 15.1. The highest BCUT2D eigenvalue weighted by Gasteiger charge is 2.26. The SMILES string of the molecule is O=C(Nc1ccccc1N1CCCC1)[C@H]1COc2ccccc2C1. The van der Waals surface area contributed by atoms with Crippen LogP contribution in [0.1, 0.15) is 18.4 Å². The zero-order chi connectivity index (χ0) is 16.4. The molecule has 2 aromatic carbocycles. The van der Waals surface area contributed by atoms with Gasteiger partial charge in [-0.15, -0.1) is 0 Å². The zero-order valence-corrected chi connectivity index (χ0v) is 13.7. The van der Waals surface area contributed by atoms with Crippen LogP contribution in [0.2, 0.25) is 0 Å². The summed E-state index contributed by atoms with van der Waals surface area (Å²) >= 11 is 0. The molecular weight excluding hydrogens is 300 g/mol. The molecule has 1 fully saturated rings. The van der Waals surface area contributed by atoms with Crippen LogP contribution in [0.25, 0.3) is 0 Å². The Morgan fingerprint density at radius 1 is 1.04 bits per heavy atom. The van der Waals surface area contributed by atoms with Gasteiger partial charge in [0.05, 0.1) is 17.3 Å². The van der Waals surface area contributed by atoms with E-state index >= 15 is 0 Å². The Morgan fingerprint density at radius 2 is 1.79 bits per heavy atom. The number of nitrogens with zero attached hydrogens (tertiary/aromatic N) is 1. The van der Waals surface area contributed by atoms with E-state index < -0.39 is 0 Å². The van der Waals surface area contributed by atoms with Gasteiger partial charge in [0.15, 0.2) is 0 Å². The zero-order valence-electron chi connectivity index (χ0n) is 13.7. The normalized spacial score (nSPS) is 19.5. The molecule has 1 N–H and O–H groups in total. The number of rotatable bonds is 3. The van der Waals surface area contributed by atoms with Crippen molar-refractivity contribution < 1.29 is 9.53 Å². The highest BCUT2D eigenvalue weighted by Crippen LogP contribution is 2.31. The van der Waals surface area contributed by atoms with Gasteiger partial charge in [-0.3, -0.25) is 4.79 Å². The molecule has 4 heteroatoms. The minimum absolute atomic E-state index is 0.0381. The van der Waals surface area contributed by atoms with Crippen LogP contribution in [-0.2, 0) is 11.2 Å². The summed E-state index contributed by atoms with van der Waals surface area (Å²) in [5.41, 5.74) is 3.14. The number of carbonyl (C=O) groups excluding carboxylic acids is 1. The summed E-state index contributed by atoms with van der Waals surface area (Å²) in [5.74, 6) is 0.793. The number of ether oxygens (including phenoxy) is 1. The quantitative estimate of drug-likeness (QED) is 0.941. The fourth-order valence-corrected chi connectivity index (χ4v) is 3.54. The minimum atomic E-state index is -0.147. The Morgan fingerprint density at radius 3 is 2.67 bits per heavy atom. The van der Waals surface area contributed by atoms with Crippen molar-refractivity contribution in [3.05, 3.63) is 54.1 Å². The number of anilines is 2. The van der Waals surface area contributed by atoms with Crippen LogP contribution in [0.3, 0.4) is 0 Å². The van der Waals surface area contributed by atoms with Gasteiger partial charge >= 0.3 is 0 Å². The van der Waals surface area contributed by atoms with Gasteiger partial charge in [0.2, 0.25) is 5.91 Å². The van der Waals surface area contributed by atoms with Crippen molar-refractivity contribution in [2.24, 2.45) is 5.92 Å². The van der Waals surface area contributed by atoms with Crippen LogP contribution in [0.5, 0.6) is 5.75 Å². The van der Waals surface area contributed by atoms with Gasteiger partial charge in [-0.1, -0.05) is 30.3 Å². The highest BCUT2D eigenvalue weighted by molar-refractivity contribution is 5.96. The molecule has 2 aliphatic heterocycles. The van der Waals surface area contributed by atoms with Crippen LogP contribution in [0, 0.1) is 5.92 Å². The van der Waals surface area contributed by atoms with Gasteiger partial charge in [0, 0.05) is 13.1 Å². The average Bonchev–Trinajstić information content (AvgIpc) is 3.16. The van der Waals surface area contributed by atoms with Crippen molar-refractivity contribution in [2.75, 3.05) is 29.9 Å². The molecule has 0 aromatic heterocycles. The molecule has 1 saturated heterocycles. The molecule has 0 unspecified atom stereocenters. The fraction of sp³-hybridized carbons (Fsp3) is 0.350. The number of hydrogen-bond acceptors (Lipinski definition) is 3. The third kappa shape index (κ3) is 2.96. The molecular formula is C20H22N2O2. The molecule has 0 saturated carbocycles. The summed E-state index contributed by atoms with van der Waals surface area (Å²) in [6.45, 7) is 2.56. The number of fused-ring (bicyclic) bond motifs is 1. The van der Waals surface area contributed by atoms with E-state index in [9.17, 15) is 4.79 Å². The molecule has 0 spiro atoms. The van der Waals surface area contributed by atoms with Crippen LogP contribution in [0.4, 0.5) is 11.4 Å². The van der Waals surface area contributed by atoms with Crippen molar-refractivity contribution in [1.82, 2.24) is 0 Å². The Labute approximate surface area is 142 Å². The topological polar surface area (TPSA) is 41.6 Å². The van der Waals surface area contributed by atoms with Gasteiger partial charge in [-0.05, 0) is 43.0 Å². The molecule has 2 aliphatic rings. The first-order valence-electron chi connectivity index (χ1n) is 8.67. The van der Waals surface area contributed by atoms with E-state index in [4.69, 9.17) is 4.74 Å². The standard InChI is InChI=1S/C20H22N2O2/c23-20(16-13-15-7-1-4-10-19(15)24-14-16)21-17-8-2-3-9-18(17)22-11-5-6-12-22/h1-4,7-10,16H,5-6,11-14H2,(H,21,23)/t16-/m1/s1. The molecule has 1 atom stereocenters. The van der Waals surface area contributed by atoms with Gasteiger partial charge < -0.3 is 15.0 Å². The molecule has 0 bridgehead atoms. The molecule has 0 radical (unpaired) electrons. The predicted octanol–water partition coefficient (Wildman–Crippen LogP) is 3.48. The maximum Gasteiger partial charge on any atom is 0.231 e. The summed E-state index contributed by atoms with van der Waals surface area (Å²) in [6, 6.07) is 16.0. The summed E-state index contributed by atoms with van der Waals surface area (Å²) in [6.07, 6.45) is 3.17. The molecule has 0 aliphatic carbocycles. The molecule has 2 heterocycles. The van der Waals surface area contributed by atoms with Gasteiger partial charge in [0.25, 0.3) is 0 Å². The first-order valence-corrected chi connectivity index (χ1v) is 8.67. The minimum Gasteiger partial charge on any atom is -0.492 e. The summed E-state index contributed by atoms with van der Waals surface area (Å²) in [5, 5.41) is 3.13. The fourth-order valence-electron chi connectivity index (χ4n) is 3.54. The number of hydrogen-bond donors (Lipinski definition) is 1. The Bertz CT molecular complexity index is 738. The van der Waals surface area contributed by atoms with E-state index in [1.54, 1.807) is 0 Å². The summed E-state index contributed by atoms with van der Waals surface area (Å²) < 4.78 is 5.75. The van der Waals surface area contributed by atoms with E-state index in [1.165, 1.54) is 12.8 Å².